The Hall–Kier alpha value is -4.07. The molecule has 2 aliphatic rings. The van der Waals surface area contributed by atoms with E-state index >= 15 is 0 Å². The lowest BCUT2D eigenvalue weighted by Crippen LogP contribution is -2.41. The molecule has 4 heterocycles. The largest absolute Gasteiger partial charge is 0.494 e. The van der Waals surface area contributed by atoms with Crippen molar-refractivity contribution in [3.63, 3.8) is 0 Å². The SMILES string of the molecule is C=C(/C=c1/c2c(c3nc4ccccc4n3/c1=C/C)CCC(c1cccc(CN=C/C=C\C)n1)=C2)B1OC(C)(C)C(C)(C)O1. The maximum Gasteiger partial charge on any atom is 0.494 e. The highest BCUT2D eigenvalue weighted by molar-refractivity contribution is 6.57. The average molecular weight is 571 g/mol. The Labute approximate surface area is 254 Å². The quantitative estimate of drug-likeness (QED) is 0.202. The molecular weight excluding hydrogens is 531 g/mol. The lowest BCUT2D eigenvalue weighted by Gasteiger charge is -2.32. The number of para-hydroxylation sites is 2. The third kappa shape index (κ3) is 5.21. The molecule has 6 rings (SSSR count). The second-order valence-corrected chi connectivity index (χ2v) is 12.2. The van der Waals surface area contributed by atoms with Crippen molar-refractivity contribution in [2.75, 3.05) is 0 Å². The predicted molar refractivity (Wildman–Crippen MR) is 179 cm³/mol. The second-order valence-electron chi connectivity index (χ2n) is 12.2. The minimum atomic E-state index is -0.533. The van der Waals surface area contributed by atoms with E-state index in [2.05, 4.69) is 99.2 Å². The monoisotopic (exact) mass is 570 g/mol. The Kier molecular flexibility index (Phi) is 7.57. The molecule has 6 nitrogen and oxygen atoms in total. The van der Waals surface area contributed by atoms with Crippen LogP contribution in [-0.2, 0) is 22.3 Å². The van der Waals surface area contributed by atoms with Gasteiger partial charge in [0, 0.05) is 17.0 Å². The highest BCUT2D eigenvalue weighted by atomic mass is 16.7. The van der Waals surface area contributed by atoms with Gasteiger partial charge in [0.2, 0.25) is 0 Å². The molecule has 1 aliphatic carbocycles. The van der Waals surface area contributed by atoms with Crippen molar-refractivity contribution in [1.82, 2.24) is 14.4 Å². The molecule has 43 heavy (non-hydrogen) atoms. The van der Waals surface area contributed by atoms with Crippen LogP contribution in [0.25, 0.3) is 40.5 Å². The Bertz CT molecular complexity index is 1950. The van der Waals surface area contributed by atoms with Crippen LogP contribution >= 0.6 is 0 Å². The van der Waals surface area contributed by atoms with Gasteiger partial charge in [0.25, 0.3) is 0 Å². The molecule has 0 radical (unpaired) electrons. The van der Waals surface area contributed by atoms with Crippen molar-refractivity contribution in [2.45, 2.75) is 72.1 Å². The fraction of sp³-hybridized carbons (Fsp3) is 0.306. The van der Waals surface area contributed by atoms with Gasteiger partial charge in [-0.25, -0.2) is 4.98 Å². The first-order valence-electron chi connectivity index (χ1n) is 15.1. The number of aromatic nitrogens is 3. The molecule has 0 N–H and O–H groups in total. The lowest BCUT2D eigenvalue weighted by atomic mass is 9.78. The Morgan fingerprint density at radius 1 is 1.02 bits per heavy atom. The zero-order valence-corrected chi connectivity index (χ0v) is 26.0. The third-order valence-electron chi connectivity index (χ3n) is 8.86. The molecule has 1 aliphatic heterocycles. The number of rotatable bonds is 6. The Morgan fingerprint density at radius 2 is 1.79 bits per heavy atom. The molecule has 0 saturated carbocycles. The van der Waals surface area contributed by atoms with Gasteiger partial charge in [-0.2, -0.15) is 0 Å². The van der Waals surface area contributed by atoms with Crippen LogP contribution in [0.5, 0.6) is 0 Å². The molecule has 0 spiro atoms. The van der Waals surface area contributed by atoms with Crippen LogP contribution in [0.3, 0.4) is 0 Å². The van der Waals surface area contributed by atoms with Crippen LogP contribution in [0, 0.1) is 0 Å². The zero-order chi connectivity index (χ0) is 30.4. The minimum Gasteiger partial charge on any atom is -0.399 e. The van der Waals surface area contributed by atoms with Crippen molar-refractivity contribution in [3.8, 4) is 0 Å². The molecule has 4 aromatic rings. The van der Waals surface area contributed by atoms with Crippen molar-refractivity contribution >= 4 is 53.8 Å². The smallest absolute Gasteiger partial charge is 0.399 e. The van der Waals surface area contributed by atoms with E-state index in [0.29, 0.717) is 6.54 Å². The van der Waals surface area contributed by atoms with Gasteiger partial charge in [0.15, 0.2) is 0 Å². The van der Waals surface area contributed by atoms with Crippen LogP contribution in [0.4, 0.5) is 0 Å². The number of hydrogen-bond acceptors (Lipinski definition) is 5. The van der Waals surface area contributed by atoms with Crippen LogP contribution < -0.4 is 10.6 Å². The predicted octanol–water partition coefficient (Wildman–Crippen LogP) is 6.28. The molecule has 0 atom stereocenters. The Morgan fingerprint density at radius 3 is 2.53 bits per heavy atom. The summed E-state index contributed by atoms with van der Waals surface area (Å²) in [6.45, 7) is 17.3. The van der Waals surface area contributed by atoms with Gasteiger partial charge in [-0.1, -0.05) is 43.0 Å². The summed E-state index contributed by atoms with van der Waals surface area (Å²) in [5.41, 5.74) is 8.47. The number of fused-ring (bicyclic) bond motifs is 5. The molecule has 218 valence electrons. The molecule has 1 saturated heterocycles. The van der Waals surface area contributed by atoms with E-state index in [9.17, 15) is 0 Å². The van der Waals surface area contributed by atoms with Gasteiger partial charge in [-0.3, -0.25) is 14.4 Å². The first-order chi connectivity index (χ1) is 20.6. The number of nitrogens with zero attached hydrogens (tertiary/aromatic N) is 4. The molecule has 0 unspecified atom stereocenters. The Balaban J connectivity index is 1.55. The van der Waals surface area contributed by atoms with Gasteiger partial charge >= 0.3 is 7.12 Å². The number of pyridine rings is 2. The zero-order valence-electron chi connectivity index (χ0n) is 26.0. The molecule has 1 aromatic carbocycles. The van der Waals surface area contributed by atoms with Crippen molar-refractivity contribution in [3.05, 3.63) is 99.8 Å². The van der Waals surface area contributed by atoms with E-state index in [1.165, 1.54) is 11.1 Å². The number of aryl methyl sites for hydroxylation is 1. The highest BCUT2D eigenvalue weighted by Crippen LogP contribution is 2.38. The maximum atomic E-state index is 6.39. The summed E-state index contributed by atoms with van der Waals surface area (Å²) in [5, 5.41) is 2.15. The average Bonchev–Trinajstić information content (AvgIpc) is 3.48. The van der Waals surface area contributed by atoms with Crippen LogP contribution in [-0.4, -0.2) is 38.9 Å². The number of allylic oxidation sites excluding steroid dienone is 4. The number of aliphatic imine (C=N–C) groups is 1. The van der Waals surface area contributed by atoms with Gasteiger partial charge in [0.05, 0.1) is 45.5 Å². The molecule has 7 heteroatoms. The van der Waals surface area contributed by atoms with Crippen LogP contribution in [0.1, 0.15) is 70.5 Å². The number of hydrogen-bond donors (Lipinski definition) is 0. The van der Waals surface area contributed by atoms with Crippen LogP contribution in [0.15, 0.2) is 71.7 Å². The summed E-state index contributed by atoms with van der Waals surface area (Å²) >= 11 is 0. The summed E-state index contributed by atoms with van der Waals surface area (Å²) in [7, 11) is -0.533. The molecule has 3 aromatic heterocycles. The minimum absolute atomic E-state index is 0.446. The second kappa shape index (κ2) is 11.2. The van der Waals surface area contributed by atoms with E-state index in [4.69, 9.17) is 19.3 Å². The number of imidazole rings is 1. The fourth-order valence-electron chi connectivity index (χ4n) is 5.86. The topological polar surface area (TPSA) is 61.0 Å². The third-order valence-corrected chi connectivity index (χ3v) is 8.86. The first-order valence-corrected chi connectivity index (χ1v) is 15.1. The van der Waals surface area contributed by atoms with Gasteiger partial charge in [0.1, 0.15) is 5.65 Å². The maximum absolute atomic E-state index is 6.39. The first kappa shape index (κ1) is 29.0. The van der Waals surface area contributed by atoms with E-state index < -0.39 is 18.3 Å². The summed E-state index contributed by atoms with van der Waals surface area (Å²) in [4.78, 5) is 14.6. The number of benzene rings is 1. The van der Waals surface area contributed by atoms with E-state index in [0.717, 1.165) is 62.5 Å². The molecule has 1 fully saturated rings. The summed E-state index contributed by atoms with van der Waals surface area (Å²) < 4.78 is 15.1. The summed E-state index contributed by atoms with van der Waals surface area (Å²) in [6.07, 6.45) is 14.0. The van der Waals surface area contributed by atoms with E-state index in [1.54, 1.807) is 0 Å². The molecular formula is C36H39BN4O2. The summed E-state index contributed by atoms with van der Waals surface area (Å²) in [5.74, 6) is 0. The molecule has 0 bridgehead atoms. The lowest BCUT2D eigenvalue weighted by molar-refractivity contribution is 0.00578. The van der Waals surface area contributed by atoms with Gasteiger partial charge in [-0.15, -0.1) is 0 Å². The van der Waals surface area contributed by atoms with E-state index in [1.807, 2.05) is 37.4 Å². The van der Waals surface area contributed by atoms with Gasteiger partial charge in [-0.05, 0) is 107 Å². The van der Waals surface area contributed by atoms with E-state index in [-0.39, 0.29) is 0 Å². The van der Waals surface area contributed by atoms with Crippen molar-refractivity contribution in [1.29, 1.82) is 0 Å². The van der Waals surface area contributed by atoms with Gasteiger partial charge < -0.3 is 9.31 Å². The fourth-order valence-corrected chi connectivity index (χ4v) is 5.86. The highest BCUT2D eigenvalue weighted by Gasteiger charge is 2.51. The van der Waals surface area contributed by atoms with Crippen LogP contribution in [0.2, 0.25) is 0 Å². The van der Waals surface area contributed by atoms with Crippen molar-refractivity contribution < 1.29 is 9.31 Å². The van der Waals surface area contributed by atoms with Crippen molar-refractivity contribution in [2.24, 2.45) is 4.99 Å². The summed E-state index contributed by atoms with van der Waals surface area (Å²) in [6, 6.07) is 14.5. The normalized spacial score (nSPS) is 18.8. The standard InChI is InChI=1S/C36H39BN4O2/c1-8-10-20-38-23-26-14-13-16-30(39-26)25-18-19-27-28(22-25)29(21-24(3)37-42-35(4,5)36(6,7)43-37)32(9-2)41-33-17-12-11-15-31(33)40-34(27)41/h8-17,20-22H,3,18-19,23H2,1-2,4-7H3/b10-8-,29-21-,32-9+,38-20?. The molecule has 0 amide bonds.